The Morgan fingerprint density at radius 1 is 1.21 bits per heavy atom. The van der Waals surface area contributed by atoms with E-state index in [4.69, 9.17) is 4.74 Å². The average Bonchev–Trinajstić information content (AvgIpc) is 2.34. The van der Waals surface area contributed by atoms with Crippen molar-refractivity contribution in [1.82, 2.24) is 5.32 Å². The molecule has 0 heterocycles. The van der Waals surface area contributed by atoms with Gasteiger partial charge >= 0.3 is 0 Å². The monoisotopic (exact) mass is 263 g/mol. The van der Waals surface area contributed by atoms with E-state index in [0.29, 0.717) is 6.54 Å². The van der Waals surface area contributed by atoms with Crippen molar-refractivity contribution in [2.45, 2.75) is 52.9 Å². The van der Waals surface area contributed by atoms with Crippen LogP contribution in [0.2, 0.25) is 0 Å². The zero-order chi connectivity index (χ0) is 14.5. The molecule has 1 N–H and O–H groups in total. The van der Waals surface area contributed by atoms with Crippen molar-refractivity contribution in [3.05, 3.63) is 35.9 Å². The van der Waals surface area contributed by atoms with Gasteiger partial charge in [0.1, 0.15) is 0 Å². The molecular formula is C16H25NO2. The molecular weight excluding hydrogens is 238 g/mol. The predicted octanol–water partition coefficient (Wildman–Crippen LogP) is 3.14. The van der Waals surface area contributed by atoms with E-state index in [2.05, 4.69) is 5.32 Å². The molecule has 0 aliphatic rings. The number of hydrogen-bond donors (Lipinski definition) is 1. The van der Waals surface area contributed by atoms with Gasteiger partial charge in [0.15, 0.2) is 0 Å². The van der Waals surface area contributed by atoms with Crippen molar-refractivity contribution in [2.75, 3.05) is 0 Å². The summed E-state index contributed by atoms with van der Waals surface area (Å²) < 4.78 is 5.81. The van der Waals surface area contributed by atoms with Gasteiger partial charge < -0.3 is 10.1 Å². The second-order valence-corrected chi connectivity index (χ2v) is 5.93. The van der Waals surface area contributed by atoms with Crippen molar-refractivity contribution in [3.63, 3.8) is 0 Å². The molecule has 2 atom stereocenters. The maximum Gasteiger partial charge on any atom is 0.225 e. The molecule has 1 rings (SSSR count). The fourth-order valence-electron chi connectivity index (χ4n) is 1.82. The van der Waals surface area contributed by atoms with Gasteiger partial charge in [-0.2, -0.15) is 0 Å². The van der Waals surface area contributed by atoms with Crippen molar-refractivity contribution < 1.29 is 9.53 Å². The van der Waals surface area contributed by atoms with E-state index in [1.807, 2.05) is 65.0 Å². The first kappa shape index (κ1) is 15.7. The van der Waals surface area contributed by atoms with Gasteiger partial charge in [0.05, 0.1) is 17.6 Å². The quantitative estimate of drug-likeness (QED) is 0.886. The number of ether oxygens (including phenoxy) is 1. The topological polar surface area (TPSA) is 38.3 Å². The third kappa shape index (κ3) is 5.88. The summed E-state index contributed by atoms with van der Waals surface area (Å²) in [7, 11) is 0. The average molecular weight is 263 g/mol. The highest BCUT2D eigenvalue weighted by Gasteiger charge is 2.24. The summed E-state index contributed by atoms with van der Waals surface area (Å²) in [5.41, 5.74) is 0.875. The van der Waals surface area contributed by atoms with Gasteiger partial charge in [-0.05, 0) is 33.3 Å². The number of carbonyl (C=O) groups is 1. The molecule has 0 spiro atoms. The molecule has 19 heavy (non-hydrogen) atoms. The SMILES string of the molecule is C[C@H](C(=O)NCc1ccccc1)[C@@H](C)OC(C)(C)C. The Morgan fingerprint density at radius 3 is 2.32 bits per heavy atom. The fraction of sp³-hybridized carbons (Fsp3) is 0.562. The predicted molar refractivity (Wildman–Crippen MR) is 77.8 cm³/mol. The van der Waals surface area contributed by atoms with Crippen molar-refractivity contribution in [3.8, 4) is 0 Å². The summed E-state index contributed by atoms with van der Waals surface area (Å²) in [5.74, 6) is -0.136. The largest absolute Gasteiger partial charge is 0.372 e. The summed E-state index contributed by atoms with van der Waals surface area (Å²) in [6.45, 7) is 10.4. The molecule has 0 bridgehead atoms. The van der Waals surface area contributed by atoms with Gasteiger partial charge in [-0.1, -0.05) is 37.3 Å². The molecule has 0 radical (unpaired) electrons. The van der Waals surface area contributed by atoms with Crippen molar-refractivity contribution in [1.29, 1.82) is 0 Å². The van der Waals surface area contributed by atoms with Crippen LogP contribution in [-0.2, 0) is 16.1 Å². The Bertz CT molecular complexity index is 395. The first-order chi connectivity index (χ1) is 8.79. The molecule has 0 aliphatic carbocycles. The van der Waals surface area contributed by atoms with Gasteiger partial charge in [-0.15, -0.1) is 0 Å². The number of amides is 1. The highest BCUT2D eigenvalue weighted by Crippen LogP contribution is 2.16. The number of benzene rings is 1. The van der Waals surface area contributed by atoms with Gasteiger partial charge in [0.25, 0.3) is 0 Å². The number of rotatable bonds is 5. The lowest BCUT2D eigenvalue weighted by molar-refractivity contribution is -0.134. The molecule has 106 valence electrons. The van der Waals surface area contributed by atoms with Crippen LogP contribution in [0.15, 0.2) is 30.3 Å². The van der Waals surface area contributed by atoms with Gasteiger partial charge in [0, 0.05) is 6.54 Å². The molecule has 1 aromatic carbocycles. The van der Waals surface area contributed by atoms with Gasteiger partial charge in [-0.25, -0.2) is 0 Å². The molecule has 0 fully saturated rings. The van der Waals surface area contributed by atoms with Crippen LogP contribution in [0.4, 0.5) is 0 Å². The zero-order valence-corrected chi connectivity index (χ0v) is 12.6. The van der Waals surface area contributed by atoms with Crippen molar-refractivity contribution in [2.24, 2.45) is 5.92 Å². The third-order valence-corrected chi connectivity index (χ3v) is 2.97. The Hall–Kier alpha value is -1.35. The first-order valence-electron chi connectivity index (χ1n) is 6.79. The lowest BCUT2D eigenvalue weighted by Crippen LogP contribution is -2.38. The Balaban J connectivity index is 2.44. The van der Waals surface area contributed by atoms with Crippen LogP contribution >= 0.6 is 0 Å². The summed E-state index contributed by atoms with van der Waals surface area (Å²) >= 11 is 0. The van der Waals surface area contributed by atoms with Crippen LogP contribution in [-0.4, -0.2) is 17.6 Å². The molecule has 1 amide bonds. The zero-order valence-electron chi connectivity index (χ0n) is 12.6. The van der Waals surface area contributed by atoms with Crippen LogP contribution < -0.4 is 5.32 Å². The van der Waals surface area contributed by atoms with E-state index < -0.39 is 0 Å². The minimum absolute atomic E-state index is 0.0283. The summed E-state index contributed by atoms with van der Waals surface area (Å²) in [6, 6.07) is 9.90. The standard InChI is InChI=1S/C16H25NO2/c1-12(13(2)19-16(3,4)5)15(18)17-11-14-9-7-6-8-10-14/h6-10,12-13H,11H2,1-5H3,(H,17,18)/t12-,13+/m0/s1. The first-order valence-corrected chi connectivity index (χ1v) is 6.79. The lowest BCUT2D eigenvalue weighted by atomic mass is 10.0. The highest BCUT2D eigenvalue weighted by atomic mass is 16.5. The van der Waals surface area contributed by atoms with E-state index in [9.17, 15) is 4.79 Å². The molecule has 3 nitrogen and oxygen atoms in total. The summed E-state index contributed by atoms with van der Waals surface area (Å²) in [4.78, 5) is 12.1. The number of nitrogens with one attached hydrogen (secondary N) is 1. The van der Waals surface area contributed by atoms with Crippen LogP contribution in [0.1, 0.15) is 40.2 Å². The smallest absolute Gasteiger partial charge is 0.225 e. The molecule has 0 saturated carbocycles. The molecule has 0 aliphatic heterocycles. The second kappa shape index (κ2) is 6.71. The number of carbonyl (C=O) groups excluding carboxylic acids is 1. The minimum Gasteiger partial charge on any atom is -0.372 e. The molecule has 3 heteroatoms. The normalized spacial score (nSPS) is 14.8. The lowest BCUT2D eigenvalue weighted by Gasteiger charge is -2.28. The minimum atomic E-state index is -0.229. The van der Waals surface area contributed by atoms with Crippen LogP contribution in [0.3, 0.4) is 0 Å². The number of hydrogen-bond acceptors (Lipinski definition) is 2. The maximum absolute atomic E-state index is 12.1. The van der Waals surface area contributed by atoms with Crippen LogP contribution in [0, 0.1) is 5.92 Å². The Morgan fingerprint density at radius 2 is 1.79 bits per heavy atom. The van der Waals surface area contributed by atoms with E-state index in [0.717, 1.165) is 5.56 Å². The van der Waals surface area contributed by atoms with E-state index in [1.165, 1.54) is 0 Å². The van der Waals surface area contributed by atoms with E-state index >= 15 is 0 Å². The van der Waals surface area contributed by atoms with E-state index in [1.54, 1.807) is 0 Å². The third-order valence-electron chi connectivity index (χ3n) is 2.97. The summed E-state index contributed by atoms with van der Waals surface area (Å²) in [5, 5.41) is 2.95. The molecule has 1 aromatic rings. The van der Waals surface area contributed by atoms with Crippen LogP contribution in [0.5, 0.6) is 0 Å². The Labute approximate surface area is 116 Å². The summed E-state index contributed by atoms with van der Waals surface area (Å²) in [6.07, 6.45) is -0.101. The van der Waals surface area contributed by atoms with Crippen molar-refractivity contribution >= 4 is 5.91 Å². The molecule has 0 saturated heterocycles. The molecule has 0 unspecified atom stereocenters. The van der Waals surface area contributed by atoms with Gasteiger partial charge in [-0.3, -0.25) is 4.79 Å². The van der Waals surface area contributed by atoms with E-state index in [-0.39, 0.29) is 23.5 Å². The maximum atomic E-state index is 12.1. The Kier molecular flexibility index (Phi) is 5.55. The second-order valence-electron chi connectivity index (χ2n) is 5.93. The highest BCUT2D eigenvalue weighted by molar-refractivity contribution is 5.78. The fourth-order valence-corrected chi connectivity index (χ4v) is 1.82. The molecule has 0 aromatic heterocycles. The van der Waals surface area contributed by atoms with Crippen LogP contribution in [0.25, 0.3) is 0 Å². The van der Waals surface area contributed by atoms with Gasteiger partial charge in [0.2, 0.25) is 5.91 Å².